The van der Waals surface area contributed by atoms with Gasteiger partial charge in [-0.25, -0.2) is 4.98 Å². The maximum atomic E-state index is 12.0. The molecule has 3 nitrogen and oxygen atoms in total. The van der Waals surface area contributed by atoms with Gasteiger partial charge in [0.25, 0.3) is 5.91 Å². The second-order valence-corrected chi connectivity index (χ2v) is 5.56. The van der Waals surface area contributed by atoms with Crippen molar-refractivity contribution in [3.05, 3.63) is 64.4 Å². The Morgan fingerprint density at radius 2 is 1.95 bits per heavy atom. The van der Waals surface area contributed by atoms with E-state index in [1.165, 1.54) is 5.56 Å². The van der Waals surface area contributed by atoms with Crippen LogP contribution >= 0.6 is 15.9 Å². The Bertz CT molecular complexity index is 572. The summed E-state index contributed by atoms with van der Waals surface area (Å²) in [7, 11) is 0. The van der Waals surface area contributed by atoms with E-state index in [9.17, 15) is 4.79 Å². The Morgan fingerprint density at radius 1 is 1.20 bits per heavy atom. The molecule has 0 aliphatic rings. The van der Waals surface area contributed by atoms with E-state index in [0.29, 0.717) is 10.3 Å². The molecule has 0 saturated heterocycles. The van der Waals surface area contributed by atoms with Crippen molar-refractivity contribution in [3.63, 3.8) is 0 Å². The zero-order valence-corrected chi connectivity index (χ0v) is 12.9. The van der Waals surface area contributed by atoms with Gasteiger partial charge in [-0.05, 0) is 53.4 Å². The maximum Gasteiger partial charge on any atom is 0.270 e. The first-order valence-electron chi connectivity index (χ1n) is 6.62. The number of hydrogen-bond acceptors (Lipinski definition) is 2. The summed E-state index contributed by atoms with van der Waals surface area (Å²) >= 11 is 3.27. The lowest BCUT2D eigenvalue weighted by Crippen LogP contribution is -2.33. The first-order valence-corrected chi connectivity index (χ1v) is 7.42. The van der Waals surface area contributed by atoms with E-state index >= 15 is 0 Å². The van der Waals surface area contributed by atoms with Crippen LogP contribution in [0.5, 0.6) is 0 Å². The van der Waals surface area contributed by atoms with Gasteiger partial charge in [0.2, 0.25) is 0 Å². The first-order chi connectivity index (χ1) is 9.65. The topological polar surface area (TPSA) is 42.0 Å². The van der Waals surface area contributed by atoms with Crippen molar-refractivity contribution in [3.8, 4) is 0 Å². The Morgan fingerprint density at radius 3 is 2.65 bits per heavy atom. The Labute approximate surface area is 127 Å². The molecule has 0 bridgehead atoms. The number of aromatic nitrogens is 1. The molecule has 104 valence electrons. The smallest absolute Gasteiger partial charge is 0.270 e. The highest BCUT2D eigenvalue weighted by molar-refractivity contribution is 9.10. The average Bonchev–Trinajstić information content (AvgIpc) is 2.46. The third kappa shape index (κ3) is 4.46. The van der Waals surface area contributed by atoms with Crippen molar-refractivity contribution >= 4 is 21.8 Å². The number of amides is 1. The third-order valence-corrected chi connectivity index (χ3v) is 3.48. The van der Waals surface area contributed by atoms with Crippen molar-refractivity contribution in [2.45, 2.75) is 25.8 Å². The average molecular weight is 333 g/mol. The highest BCUT2D eigenvalue weighted by atomic mass is 79.9. The number of nitrogens with zero attached hydrogens (tertiary/aromatic N) is 1. The first kappa shape index (κ1) is 14.7. The molecule has 4 heteroatoms. The molecule has 1 aromatic carbocycles. The molecule has 0 saturated carbocycles. The van der Waals surface area contributed by atoms with Crippen LogP contribution in [-0.4, -0.2) is 16.9 Å². The fraction of sp³-hybridized carbons (Fsp3) is 0.250. The fourth-order valence-corrected chi connectivity index (χ4v) is 2.28. The number of hydrogen-bond donors (Lipinski definition) is 1. The number of benzene rings is 1. The number of carbonyl (C=O) groups excluding carboxylic acids is 1. The van der Waals surface area contributed by atoms with Crippen LogP contribution in [0, 0.1) is 0 Å². The fourth-order valence-electron chi connectivity index (χ4n) is 1.93. The van der Waals surface area contributed by atoms with E-state index in [2.05, 4.69) is 38.4 Å². The quantitative estimate of drug-likeness (QED) is 0.850. The molecule has 1 amide bonds. The van der Waals surface area contributed by atoms with Crippen molar-refractivity contribution in [1.82, 2.24) is 10.3 Å². The molecule has 0 spiro atoms. The van der Waals surface area contributed by atoms with Crippen LogP contribution in [0.15, 0.2) is 53.1 Å². The van der Waals surface area contributed by atoms with Crippen LogP contribution in [0.4, 0.5) is 0 Å². The molecule has 1 N–H and O–H groups in total. The van der Waals surface area contributed by atoms with Gasteiger partial charge >= 0.3 is 0 Å². The summed E-state index contributed by atoms with van der Waals surface area (Å²) in [6.07, 6.45) is 1.86. The highest BCUT2D eigenvalue weighted by Gasteiger charge is 2.11. The van der Waals surface area contributed by atoms with E-state index in [0.717, 1.165) is 12.8 Å². The molecule has 2 rings (SSSR count). The number of rotatable bonds is 5. The molecule has 1 unspecified atom stereocenters. The number of nitrogens with one attached hydrogen (secondary N) is 1. The van der Waals surface area contributed by atoms with Crippen LogP contribution in [0.3, 0.4) is 0 Å². The van der Waals surface area contributed by atoms with Gasteiger partial charge in [0.05, 0.1) is 0 Å². The molecule has 2 aromatic rings. The van der Waals surface area contributed by atoms with E-state index in [1.807, 2.05) is 25.1 Å². The minimum atomic E-state index is -0.133. The molecule has 1 atom stereocenters. The van der Waals surface area contributed by atoms with Crippen molar-refractivity contribution in [2.75, 3.05) is 0 Å². The molecule has 20 heavy (non-hydrogen) atoms. The summed E-state index contributed by atoms with van der Waals surface area (Å²) in [5.74, 6) is -0.133. The predicted molar refractivity (Wildman–Crippen MR) is 83.6 cm³/mol. The van der Waals surface area contributed by atoms with Gasteiger partial charge in [0, 0.05) is 6.04 Å². The van der Waals surface area contributed by atoms with Gasteiger partial charge < -0.3 is 5.32 Å². The van der Waals surface area contributed by atoms with Gasteiger partial charge in [-0.15, -0.1) is 0 Å². The van der Waals surface area contributed by atoms with Crippen LogP contribution in [-0.2, 0) is 6.42 Å². The highest BCUT2D eigenvalue weighted by Crippen LogP contribution is 2.08. The van der Waals surface area contributed by atoms with Gasteiger partial charge in [0.1, 0.15) is 10.3 Å². The second-order valence-electron chi connectivity index (χ2n) is 4.74. The van der Waals surface area contributed by atoms with Crippen LogP contribution in [0.1, 0.15) is 29.4 Å². The maximum absolute atomic E-state index is 12.0. The van der Waals surface area contributed by atoms with Crippen molar-refractivity contribution in [1.29, 1.82) is 0 Å². The van der Waals surface area contributed by atoms with Gasteiger partial charge in [-0.1, -0.05) is 36.4 Å². The molecule has 0 aliphatic heterocycles. The van der Waals surface area contributed by atoms with Crippen molar-refractivity contribution < 1.29 is 4.79 Å². The molecule has 1 heterocycles. The van der Waals surface area contributed by atoms with Gasteiger partial charge in [-0.3, -0.25) is 4.79 Å². The monoisotopic (exact) mass is 332 g/mol. The summed E-state index contributed by atoms with van der Waals surface area (Å²) in [6, 6.07) is 15.7. The number of carbonyl (C=O) groups is 1. The number of halogens is 1. The van der Waals surface area contributed by atoms with Gasteiger partial charge in [0.15, 0.2) is 0 Å². The van der Waals surface area contributed by atoms with E-state index < -0.39 is 0 Å². The largest absolute Gasteiger partial charge is 0.348 e. The van der Waals surface area contributed by atoms with Crippen molar-refractivity contribution in [2.24, 2.45) is 0 Å². The third-order valence-electron chi connectivity index (χ3n) is 3.03. The predicted octanol–water partition coefficient (Wildman–Crippen LogP) is 3.60. The minimum Gasteiger partial charge on any atom is -0.348 e. The Kier molecular flexibility index (Phi) is 5.30. The second kappa shape index (κ2) is 7.20. The van der Waals surface area contributed by atoms with Crippen LogP contribution < -0.4 is 5.32 Å². The lowest BCUT2D eigenvalue weighted by atomic mass is 10.1. The summed E-state index contributed by atoms with van der Waals surface area (Å²) in [5, 5.41) is 2.97. The molecule has 0 fully saturated rings. The molecule has 0 aliphatic carbocycles. The number of pyridine rings is 1. The summed E-state index contributed by atoms with van der Waals surface area (Å²) in [4.78, 5) is 16.2. The van der Waals surface area contributed by atoms with Gasteiger partial charge in [-0.2, -0.15) is 0 Å². The zero-order chi connectivity index (χ0) is 14.4. The normalized spacial score (nSPS) is 11.9. The Hall–Kier alpha value is -1.68. The molecule has 1 aromatic heterocycles. The van der Waals surface area contributed by atoms with Crippen LogP contribution in [0.25, 0.3) is 0 Å². The molecule has 0 radical (unpaired) electrons. The summed E-state index contributed by atoms with van der Waals surface area (Å²) in [5.41, 5.74) is 1.72. The van der Waals surface area contributed by atoms with E-state index in [4.69, 9.17) is 0 Å². The van der Waals surface area contributed by atoms with E-state index in [1.54, 1.807) is 18.2 Å². The summed E-state index contributed by atoms with van der Waals surface area (Å²) in [6.45, 7) is 2.01. The Balaban J connectivity index is 1.85. The number of aryl methyl sites for hydroxylation is 1. The molecular formula is C16H17BrN2O. The standard InChI is InChI=1S/C16H17BrN2O/c1-12(10-11-13-6-3-2-4-7-13)18-16(20)14-8-5-9-15(17)19-14/h2-9,12H,10-11H2,1H3,(H,18,20). The minimum absolute atomic E-state index is 0.114. The van der Waals surface area contributed by atoms with Crippen LogP contribution in [0.2, 0.25) is 0 Å². The van der Waals surface area contributed by atoms with E-state index in [-0.39, 0.29) is 11.9 Å². The zero-order valence-electron chi connectivity index (χ0n) is 11.3. The summed E-state index contributed by atoms with van der Waals surface area (Å²) < 4.78 is 0.669. The molecular weight excluding hydrogens is 316 g/mol. The lowest BCUT2D eigenvalue weighted by molar-refractivity contribution is 0.0933. The SMILES string of the molecule is CC(CCc1ccccc1)NC(=O)c1cccc(Br)n1. The lowest BCUT2D eigenvalue weighted by Gasteiger charge is -2.13.